The molecule has 4 heteroatoms. The summed E-state index contributed by atoms with van der Waals surface area (Å²) in [7, 11) is 0. The van der Waals surface area contributed by atoms with Crippen LogP contribution in [-0.4, -0.2) is 31.0 Å². The molecule has 1 aliphatic rings. The van der Waals surface area contributed by atoms with E-state index < -0.39 is 0 Å². The maximum absolute atomic E-state index is 11.2. The van der Waals surface area contributed by atoms with Crippen LogP contribution in [-0.2, 0) is 9.53 Å². The number of alkyl halides is 1. The van der Waals surface area contributed by atoms with Crippen molar-refractivity contribution in [3.63, 3.8) is 0 Å². The summed E-state index contributed by atoms with van der Waals surface area (Å²) >= 11 is 5.48. The largest absolute Gasteiger partial charge is 0.379 e. The predicted molar refractivity (Wildman–Crippen MR) is 51.9 cm³/mol. The molecule has 1 fully saturated rings. The first-order valence-corrected chi connectivity index (χ1v) is 5.29. The highest BCUT2D eigenvalue weighted by molar-refractivity contribution is 6.17. The molecule has 1 aliphatic heterocycles. The van der Waals surface area contributed by atoms with Crippen molar-refractivity contribution in [2.24, 2.45) is 0 Å². The van der Waals surface area contributed by atoms with Crippen molar-refractivity contribution in [3.8, 4) is 0 Å². The summed E-state index contributed by atoms with van der Waals surface area (Å²) in [6, 6.07) is 0.219. The summed E-state index contributed by atoms with van der Waals surface area (Å²) in [5.41, 5.74) is 0. The van der Waals surface area contributed by atoms with Crippen LogP contribution in [0.15, 0.2) is 0 Å². The van der Waals surface area contributed by atoms with Crippen LogP contribution < -0.4 is 5.32 Å². The van der Waals surface area contributed by atoms with E-state index >= 15 is 0 Å². The average Bonchev–Trinajstić information content (AvgIpc) is 2.16. The Morgan fingerprint density at radius 1 is 1.62 bits per heavy atom. The van der Waals surface area contributed by atoms with Gasteiger partial charge < -0.3 is 10.1 Å². The molecule has 0 aromatic carbocycles. The van der Waals surface area contributed by atoms with Crippen molar-refractivity contribution in [1.82, 2.24) is 5.32 Å². The number of nitrogens with one attached hydrogen (secondary N) is 1. The minimum atomic E-state index is 0.0937. The molecule has 1 saturated heterocycles. The van der Waals surface area contributed by atoms with Gasteiger partial charge in [-0.25, -0.2) is 0 Å². The van der Waals surface area contributed by atoms with Gasteiger partial charge in [0.25, 0.3) is 0 Å². The van der Waals surface area contributed by atoms with Gasteiger partial charge in [0.15, 0.2) is 0 Å². The molecule has 1 N–H and O–H groups in total. The fraction of sp³-hybridized carbons (Fsp3) is 0.889. The molecule has 13 heavy (non-hydrogen) atoms. The number of hydrogen-bond acceptors (Lipinski definition) is 2. The third-order valence-corrected chi connectivity index (χ3v) is 2.33. The van der Waals surface area contributed by atoms with E-state index in [2.05, 4.69) is 5.32 Å². The molecular weight excluding hydrogens is 190 g/mol. The summed E-state index contributed by atoms with van der Waals surface area (Å²) in [6.07, 6.45) is 3.36. The van der Waals surface area contributed by atoms with Crippen LogP contribution in [0.25, 0.3) is 0 Å². The summed E-state index contributed by atoms with van der Waals surface area (Å²) in [4.78, 5) is 11.2. The molecule has 1 heterocycles. The second-order valence-electron chi connectivity index (χ2n) is 3.27. The monoisotopic (exact) mass is 205 g/mol. The van der Waals surface area contributed by atoms with Crippen molar-refractivity contribution in [3.05, 3.63) is 0 Å². The molecule has 1 unspecified atom stereocenters. The van der Waals surface area contributed by atoms with Crippen LogP contribution in [0.1, 0.15) is 25.7 Å². The van der Waals surface area contributed by atoms with Gasteiger partial charge in [-0.15, -0.1) is 11.6 Å². The Kier molecular flexibility index (Phi) is 5.16. The zero-order valence-electron chi connectivity index (χ0n) is 7.72. The summed E-state index contributed by atoms with van der Waals surface area (Å²) in [5.74, 6) is 0.644. The Bertz CT molecular complexity index is 158. The minimum Gasteiger partial charge on any atom is -0.379 e. The highest BCUT2D eigenvalue weighted by Gasteiger charge is 2.15. The van der Waals surface area contributed by atoms with Gasteiger partial charge in [-0.1, -0.05) is 0 Å². The van der Waals surface area contributed by atoms with E-state index in [1.165, 1.54) is 0 Å². The SMILES string of the molecule is O=C(CCCCl)NC1CCCOC1. The third kappa shape index (κ3) is 4.48. The lowest BCUT2D eigenvalue weighted by atomic mass is 10.1. The van der Waals surface area contributed by atoms with Crippen molar-refractivity contribution < 1.29 is 9.53 Å². The Balaban J connectivity index is 2.11. The normalized spacial score (nSPS) is 22.7. The molecule has 0 saturated carbocycles. The fourth-order valence-electron chi connectivity index (χ4n) is 1.38. The fourth-order valence-corrected chi connectivity index (χ4v) is 1.52. The van der Waals surface area contributed by atoms with E-state index in [1.807, 2.05) is 0 Å². The topological polar surface area (TPSA) is 38.3 Å². The number of hydrogen-bond donors (Lipinski definition) is 1. The van der Waals surface area contributed by atoms with E-state index in [4.69, 9.17) is 16.3 Å². The summed E-state index contributed by atoms with van der Waals surface area (Å²) < 4.78 is 5.25. The van der Waals surface area contributed by atoms with Gasteiger partial charge in [0.1, 0.15) is 0 Å². The van der Waals surface area contributed by atoms with Gasteiger partial charge in [-0.2, -0.15) is 0 Å². The number of carbonyl (C=O) groups is 1. The molecule has 0 bridgehead atoms. The van der Waals surface area contributed by atoms with Crippen LogP contribution in [0.5, 0.6) is 0 Å². The van der Waals surface area contributed by atoms with Gasteiger partial charge in [0.05, 0.1) is 12.6 Å². The molecule has 0 aromatic rings. The number of ether oxygens (including phenoxy) is 1. The van der Waals surface area contributed by atoms with Gasteiger partial charge >= 0.3 is 0 Å². The lowest BCUT2D eigenvalue weighted by molar-refractivity contribution is -0.122. The Morgan fingerprint density at radius 2 is 2.46 bits per heavy atom. The maximum atomic E-state index is 11.2. The molecule has 1 atom stereocenters. The lowest BCUT2D eigenvalue weighted by Crippen LogP contribution is -2.40. The average molecular weight is 206 g/mol. The summed E-state index contributed by atoms with van der Waals surface area (Å²) in [6.45, 7) is 1.49. The van der Waals surface area contributed by atoms with E-state index in [1.54, 1.807) is 0 Å². The van der Waals surface area contributed by atoms with E-state index in [0.717, 1.165) is 25.9 Å². The molecule has 0 aliphatic carbocycles. The number of halogens is 1. The van der Waals surface area contributed by atoms with E-state index in [0.29, 0.717) is 18.9 Å². The van der Waals surface area contributed by atoms with E-state index in [-0.39, 0.29) is 11.9 Å². The van der Waals surface area contributed by atoms with Crippen molar-refractivity contribution >= 4 is 17.5 Å². The first kappa shape index (κ1) is 10.8. The molecule has 76 valence electrons. The zero-order chi connectivity index (χ0) is 9.52. The van der Waals surface area contributed by atoms with Crippen molar-refractivity contribution in [2.45, 2.75) is 31.7 Å². The smallest absolute Gasteiger partial charge is 0.220 e. The van der Waals surface area contributed by atoms with Crippen LogP contribution in [0.4, 0.5) is 0 Å². The van der Waals surface area contributed by atoms with Crippen LogP contribution >= 0.6 is 11.6 Å². The number of carbonyl (C=O) groups excluding carboxylic acids is 1. The first-order valence-electron chi connectivity index (χ1n) is 4.76. The van der Waals surface area contributed by atoms with Crippen molar-refractivity contribution in [2.75, 3.05) is 19.1 Å². The van der Waals surface area contributed by atoms with Gasteiger partial charge in [0.2, 0.25) is 5.91 Å². The Hall–Kier alpha value is -0.280. The van der Waals surface area contributed by atoms with Crippen LogP contribution in [0.3, 0.4) is 0 Å². The van der Waals surface area contributed by atoms with Crippen LogP contribution in [0.2, 0.25) is 0 Å². The third-order valence-electron chi connectivity index (χ3n) is 2.06. The summed E-state index contributed by atoms with van der Waals surface area (Å²) in [5, 5.41) is 2.93. The predicted octanol–water partition coefficient (Wildman–Crippen LogP) is 1.30. The Morgan fingerprint density at radius 3 is 3.08 bits per heavy atom. The molecule has 3 nitrogen and oxygen atoms in total. The molecular formula is C9H16ClNO2. The first-order chi connectivity index (χ1) is 6.33. The number of rotatable bonds is 4. The molecule has 1 rings (SSSR count). The molecule has 0 spiro atoms. The Labute approximate surface area is 83.8 Å². The number of amides is 1. The van der Waals surface area contributed by atoms with E-state index in [9.17, 15) is 4.79 Å². The molecule has 0 aromatic heterocycles. The van der Waals surface area contributed by atoms with Crippen LogP contribution in [0, 0.1) is 0 Å². The van der Waals surface area contributed by atoms with Gasteiger partial charge in [-0.3, -0.25) is 4.79 Å². The minimum absolute atomic E-state index is 0.0937. The maximum Gasteiger partial charge on any atom is 0.220 e. The standard InChI is InChI=1S/C9H16ClNO2/c10-5-1-4-9(12)11-8-3-2-6-13-7-8/h8H,1-7H2,(H,11,12). The van der Waals surface area contributed by atoms with Crippen molar-refractivity contribution in [1.29, 1.82) is 0 Å². The van der Waals surface area contributed by atoms with Gasteiger partial charge in [-0.05, 0) is 19.3 Å². The second kappa shape index (κ2) is 6.22. The second-order valence-corrected chi connectivity index (χ2v) is 3.65. The molecule has 0 radical (unpaired) electrons. The zero-order valence-corrected chi connectivity index (χ0v) is 8.48. The highest BCUT2D eigenvalue weighted by Crippen LogP contribution is 2.06. The quantitative estimate of drug-likeness (QED) is 0.703. The van der Waals surface area contributed by atoms with Gasteiger partial charge in [0, 0.05) is 18.9 Å². The molecule has 1 amide bonds. The lowest BCUT2D eigenvalue weighted by Gasteiger charge is -2.22. The highest BCUT2D eigenvalue weighted by atomic mass is 35.5.